The molecule has 0 aliphatic heterocycles. The van der Waals surface area contributed by atoms with Crippen LogP contribution in [0.5, 0.6) is 17.4 Å². The number of nitrogen functional groups attached to an aromatic ring is 1. The third-order valence-corrected chi connectivity index (χ3v) is 2.40. The molecule has 0 fully saturated rings. The molecule has 2 rings (SSSR count). The number of rotatable bonds is 3. The Morgan fingerprint density at radius 2 is 1.88 bits per heavy atom. The van der Waals surface area contributed by atoms with E-state index in [4.69, 9.17) is 15.2 Å². The molecular formula is C13H14N2O2. The Hall–Kier alpha value is -2.23. The maximum Gasteiger partial charge on any atom is 0.221 e. The first-order valence-electron chi connectivity index (χ1n) is 5.23. The third kappa shape index (κ3) is 2.47. The summed E-state index contributed by atoms with van der Waals surface area (Å²) in [6.45, 7) is 1.90. The Balaban J connectivity index is 2.28. The van der Waals surface area contributed by atoms with Crippen molar-refractivity contribution >= 4 is 5.69 Å². The Morgan fingerprint density at radius 3 is 2.53 bits per heavy atom. The fraction of sp³-hybridized carbons (Fsp3) is 0.154. The van der Waals surface area contributed by atoms with E-state index in [0.29, 0.717) is 23.1 Å². The van der Waals surface area contributed by atoms with E-state index in [9.17, 15) is 0 Å². The molecule has 4 nitrogen and oxygen atoms in total. The summed E-state index contributed by atoms with van der Waals surface area (Å²) in [5, 5.41) is 0. The second-order valence-corrected chi connectivity index (χ2v) is 3.63. The normalized spacial score (nSPS) is 10.0. The lowest BCUT2D eigenvalue weighted by molar-refractivity contribution is 0.374. The van der Waals surface area contributed by atoms with Crippen molar-refractivity contribution in [2.24, 2.45) is 0 Å². The van der Waals surface area contributed by atoms with Crippen LogP contribution in [0.25, 0.3) is 0 Å². The first-order valence-corrected chi connectivity index (χ1v) is 5.23. The Bertz CT molecular complexity index is 527. The molecule has 4 heteroatoms. The number of hydrogen-bond acceptors (Lipinski definition) is 4. The summed E-state index contributed by atoms with van der Waals surface area (Å²) in [4.78, 5) is 4.15. The van der Waals surface area contributed by atoms with Gasteiger partial charge in [0.25, 0.3) is 0 Å². The van der Waals surface area contributed by atoms with Gasteiger partial charge in [0.15, 0.2) is 11.5 Å². The van der Waals surface area contributed by atoms with Gasteiger partial charge in [-0.1, -0.05) is 12.1 Å². The van der Waals surface area contributed by atoms with E-state index >= 15 is 0 Å². The molecule has 0 bridgehead atoms. The number of aryl methyl sites for hydroxylation is 1. The molecule has 0 unspecified atom stereocenters. The van der Waals surface area contributed by atoms with Gasteiger partial charge >= 0.3 is 0 Å². The minimum absolute atomic E-state index is 0.456. The number of ether oxygens (including phenoxy) is 2. The topological polar surface area (TPSA) is 57.4 Å². The molecule has 0 spiro atoms. The summed E-state index contributed by atoms with van der Waals surface area (Å²) in [7, 11) is 1.60. The largest absolute Gasteiger partial charge is 0.493 e. The summed E-state index contributed by atoms with van der Waals surface area (Å²) >= 11 is 0. The van der Waals surface area contributed by atoms with Crippen LogP contribution in [-0.2, 0) is 0 Å². The van der Waals surface area contributed by atoms with E-state index in [1.807, 2.05) is 31.2 Å². The quantitative estimate of drug-likeness (QED) is 0.880. The second kappa shape index (κ2) is 4.74. The second-order valence-electron chi connectivity index (χ2n) is 3.63. The fourth-order valence-corrected chi connectivity index (χ4v) is 1.39. The van der Waals surface area contributed by atoms with Crippen LogP contribution >= 0.6 is 0 Å². The molecule has 0 radical (unpaired) electrons. The highest BCUT2D eigenvalue weighted by molar-refractivity contribution is 5.49. The number of nitrogens with two attached hydrogens (primary N) is 1. The first-order chi connectivity index (χ1) is 8.20. The smallest absolute Gasteiger partial charge is 0.221 e. The highest BCUT2D eigenvalue weighted by atomic mass is 16.5. The predicted molar refractivity (Wildman–Crippen MR) is 66.5 cm³/mol. The first kappa shape index (κ1) is 11.3. The average Bonchev–Trinajstić information content (AvgIpc) is 2.34. The Kier molecular flexibility index (Phi) is 3.14. The van der Waals surface area contributed by atoms with Gasteiger partial charge in [0.1, 0.15) is 0 Å². The summed E-state index contributed by atoms with van der Waals surface area (Å²) in [5.41, 5.74) is 7.38. The molecule has 2 N–H and O–H groups in total. The van der Waals surface area contributed by atoms with Gasteiger partial charge in [-0.2, -0.15) is 0 Å². The molecule has 88 valence electrons. The lowest BCUT2D eigenvalue weighted by Crippen LogP contribution is -1.95. The van der Waals surface area contributed by atoms with Crippen LogP contribution in [0, 0.1) is 6.92 Å². The van der Waals surface area contributed by atoms with E-state index in [-0.39, 0.29) is 0 Å². The molecule has 1 aromatic carbocycles. The number of benzene rings is 1. The molecule has 1 heterocycles. The summed E-state index contributed by atoms with van der Waals surface area (Å²) in [6, 6.07) is 9.09. The number of aromatic nitrogens is 1. The van der Waals surface area contributed by atoms with Crippen molar-refractivity contribution in [3.05, 3.63) is 42.1 Å². The van der Waals surface area contributed by atoms with Gasteiger partial charge < -0.3 is 15.2 Å². The number of methoxy groups -OCH3 is 1. The zero-order valence-corrected chi connectivity index (χ0v) is 9.81. The van der Waals surface area contributed by atoms with Crippen molar-refractivity contribution < 1.29 is 9.47 Å². The van der Waals surface area contributed by atoms with E-state index in [1.54, 1.807) is 19.4 Å². The van der Waals surface area contributed by atoms with Crippen LogP contribution in [0.3, 0.4) is 0 Å². The van der Waals surface area contributed by atoms with Crippen molar-refractivity contribution in [1.29, 1.82) is 0 Å². The number of anilines is 1. The zero-order chi connectivity index (χ0) is 12.3. The average molecular weight is 230 g/mol. The molecule has 0 atom stereocenters. The predicted octanol–water partition coefficient (Wildman–Crippen LogP) is 2.77. The van der Waals surface area contributed by atoms with Crippen LogP contribution in [0.15, 0.2) is 36.5 Å². The monoisotopic (exact) mass is 230 g/mol. The van der Waals surface area contributed by atoms with Gasteiger partial charge in [-0.3, -0.25) is 0 Å². The lowest BCUT2D eigenvalue weighted by atomic mass is 10.3. The molecule has 17 heavy (non-hydrogen) atoms. The molecule has 1 aromatic heterocycles. The maximum atomic E-state index is 5.79. The lowest BCUT2D eigenvalue weighted by Gasteiger charge is -2.09. The Morgan fingerprint density at radius 1 is 1.18 bits per heavy atom. The number of nitrogens with zero attached hydrogens (tertiary/aromatic N) is 1. The van der Waals surface area contributed by atoms with Crippen molar-refractivity contribution in [2.75, 3.05) is 12.8 Å². The van der Waals surface area contributed by atoms with Crippen LogP contribution in [0.1, 0.15) is 5.56 Å². The van der Waals surface area contributed by atoms with Crippen molar-refractivity contribution in [3.63, 3.8) is 0 Å². The van der Waals surface area contributed by atoms with E-state index in [0.717, 1.165) is 5.56 Å². The van der Waals surface area contributed by atoms with E-state index < -0.39 is 0 Å². The van der Waals surface area contributed by atoms with Crippen molar-refractivity contribution in [3.8, 4) is 17.4 Å². The summed E-state index contributed by atoms with van der Waals surface area (Å²) < 4.78 is 10.8. The molecule has 0 aliphatic carbocycles. The van der Waals surface area contributed by atoms with Gasteiger partial charge in [0.05, 0.1) is 7.11 Å². The number of pyridine rings is 1. The molecule has 0 saturated carbocycles. The van der Waals surface area contributed by atoms with Gasteiger partial charge in [0, 0.05) is 18.0 Å². The molecule has 0 saturated heterocycles. The van der Waals surface area contributed by atoms with Crippen LogP contribution in [0.4, 0.5) is 5.69 Å². The van der Waals surface area contributed by atoms with Crippen LogP contribution in [-0.4, -0.2) is 12.1 Å². The standard InChI is InChI=1S/C13H14N2O2/c1-9-8-15-13(7-10(9)14)17-12-6-4-3-5-11(12)16-2/h3-8H,1-2H3,(H2,14,15). The zero-order valence-electron chi connectivity index (χ0n) is 9.81. The SMILES string of the molecule is COc1ccccc1Oc1cc(N)c(C)cn1. The fourth-order valence-electron chi connectivity index (χ4n) is 1.39. The van der Waals surface area contributed by atoms with Crippen LogP contribution < -0.4 is 15.2 Å². The highest BCUT2D eigenvalue weighted by Crippen LogP contribution is 2.30. The van der Waals surface area contributed by atoms with Crippen molar-refractivity contribution in [1.82, 2.24) is 4.98 Å². The molecule has 0 aliphatic rings. The summed E-state index contributed by atoms with van der Waals surface area (Å²) in [6.07, 6.45) is 1.68. The summed E-state index contributed by atoms with van der Waals surface area (Å²) in [5.74, 6) is 1.73. The molecular weight excluding hydrogens is 216 g/mol. The van der Waals surface area contributed by atoms with Gasteiger partial charge in [-0.25, -0.2) is 4.98 Å². The minimum Gasteiger partial charge on any atom is -0.493 e. The van der Waals surface area contributed by atoms with Gasteiger partial charge in [0.2, 0.25) is 5.88 Å². The minimum atomic E-state index is 0.456. The highest BCUT2D eigenvalue weighted by Gasteiger charge is 2.06. The van der Waals surface area contributed by atoms with Crippen molar-refractivity contribution in [2.45, 2.75) is 6.92 Å². The van der Waals surface area contributed by atoms with Crippen LogP contribution in [0.2, 0.25) is 0 Å². The molecule has 2 aromatic rings. The number of para-hydroxylation sites is 2. The number of hydrogen-bond donors (Lipinski definition) is 1. The molecule has 0 amide bonds. The third-order valence-electron chi connectivity index (χ3n) is 2.40. The van der Waals surface area contributed by atoms with Gasteiger partial charge in [-0.15, -0.1) is 0 Å². The maximum absolute atomic E-state index is 5.79. The van der Waals surface area contributed by atoms with Gasteiger partial charge in [-0.05, 0) is 24.6 Å². The van der Waals surface area contributed by atoms with E-state index in [2.05, 4.69) is 4.98 Å². The van der Waals surface area contributed by atoms with E-state index in [1.165, 1.54) is 0 Å². The Labute approximate surface area is 100 Å².